The van der Waals surface area contributed by atoms with Crippen LogP contribution in [0.3, 0.4) is 0 Å². The van der Waals surface area contributed by atoms with Crippen LogP contribution < -0.4 is 4.74 Å². The molecular weight excluding hydrogens is 472 g/mol. The van der Waals surface area contributed by atoms with Crippen molar-refractivity contribution in [3.63, 3.8) is 0 Å². The molecule has 0 unspecified atom stereocenters. The Morgan fingerprint density at radius 1 is 0.941 bits per heavy atom. The minimum atomic E-state index is -3.45. The summed E-state index contributed by atoms with van der Waals surface area (Å²) in [6.07, 6.45) is 7.76. The molecule has 34 heavy (non-hydrogen) atoms. The lowest BCUT2D eigenvalue weighted by Gasteiger charge is -2.41. The van der Waals surface area contributed by atoms with Crippen LogP contribution in [0.4, 0.5) is 0 Å². The van der Waals surface area contributed by atoms with Crippen LogP contribution in [0.15, 0.2) is 40.7 Å². The highest BCUT2D eigenvalue weighted by molar-refractivity contribution is 7.89. The number of aromatic nitrogens is 1. The molecule has 0 spiro atoms. The van der Waals surface area contributed by atoms with E-state index in [1.54, 1.807) is 30.5 Å². The van der Waals surface area contributed by atoms with Crippen LogP contribution in [0.5, 0.6) is 5.19 Å². The Kier molecular flexibility index (Phi) is 7.19. The summed E-state index contributed by atoms with van der Waals surface area (Å²) in [6.45, 7) is 4.64. The smallest absolute Gasteiger partial charge is 0.273 e. The van der Waals surface area contributed by atoms with Gasteiger partial charge in [0.15, 0.2) is 0 Å². The molecule has 0 bridgehead atoms. The molecule has 1 aromatic carbocycles. The number of carbonyl (C=O) groups is 1. The van der Waals surface area contributed by atoms with Crippen molar-refractivity contribution in [1.82, 2.24) is 19.1 Å². The number of hydrogen-bond acceptors (Lipinski definition) is 7. The Bertz CT molecular complexity index is 1050. The third-order valence-electron chi connectivity index (χ3n) is 7.23. The molecule has 5 rings (SSSR count). The van der Waals surface area contributed by atoms with Gasteiger partial charge in [-0.3, -0.25) is 9.69 Å². The number of hydrogen-bond donors (Lipinski definition) is 0. The molecule has 2 aromatic rings. The lowest BCUT2D eigenvalue weighted by Crippen LogP contribution is -2.50. The van der Waals surface area contributed by atoms with Gasteiger partial charge in [-0.05, 0) is 62.8 Å². The zero-order valence-electron chi connectivity index (χ0n) is 19.3. The summed E-state index contributed by atoms with van der Waals surface area (Å²) in [5.41, 5.74) is 0.555. The first-order valence-corrected chi connectivity index (χ1v) is 14.5. The normalized spacial score (nSPS) is 21.7. The van der Waals surface area contributed by atoms with Gasteiger partial charge in [0.2, 0.25) is 10.0 Å². The average molecular weight is 505 g/mol. The largest absolute Gasteiger partial charge is 0.467 e. The Labute approximate surface area is 205 Å². The maximum absolute atomic E-state index is 13.0. The summed E-state index contributed by atoms with van der Waals surface area (Å²) in [6, 6.07) is 6.96. The summed E-state index contributed by atoms with van der Waals surface area (Å²) in [7, 11) is -3.45. The molecule has 3 fully saturated rings. The molecule has 0 N–H and O–H groups in total. The lowest BCUT2D eigenvalue weighted by atomic mass is 9.98. The van der Waals surface area contributed by atoms with E-state index in [9.17, 15) is 13.2 Å². The van der Waals surface area contributed by atoms with Crippen LogP contribution >= 0.6 is 11.3 Å². The van der Waals surface area contributed by atoms with Gasteiger partial charge >= 0.3 is 0 Å². The predicted octanol–water partition coefficient (Wildman–Crippen LogP) is 3.08. The van der Waals surface area contributed by atoms with E-state index in [1.807, 2.05) is 10.3 Å². The second-order valence-electron chi connectivity index (χ2n) is 9.31. The van der Waals surface area contributed by atoms with Crippen LogP contribution in [0, 0.1) is 0 Å². The Morgan fingerprint density at radius 2 is 1.62 bits per heavy atom. The molecule has 1 aromatic heterocycles. The van der Waals surface area contributed by atoms with Crippen LogP contribution in [-0.4, -0.2) is 84.8 Å². The van der Waals surface area contributed by atoms with E-state index in [2.05, 4.69) is 9.88 Å². The molecule has 0 aliphatic carbocycles. The van der Waals surface area contributed by atoms with E-state index < -0.39 is 10.0 Å². The van der Waals surface area contributed by atoms with Gasteiger partial charge in [0.1, 0.15) is 6.10 Å². The molecule has 8 nitrogen and oxygen atoms in total. The first kappa shape index (κ1) is 23.7. The minimum Gasteiger partial charge on any atom is -0.467 e. The Balaban J connectivity index is 1.11. The Hall–Kier alpha value is -2.01. The molecule has 10 heteroatoms. The van der Waals surface area contributed by atoms with Crippen molar-refractivity contribution >= 4 is 27.3 Å². The summed E-state index contributed by atoms with van der Waals surface area (Å²) in [5, 5.41) is 2.69. The van der Waals surface area contributed by atoms with Gasteiger partial charge in [-0.1, -0.05) is 11.3 Å². The van der Waals surface area contributed by atoms with Gasteiger partial charge in [-0.15, -0.1) is 0 Å². The zero-order valence-corrected chi connectivity index (χ0v) is 21.0. The maximum Gasteiger partial charge on any atom is 0.273 e. The molecule has 0 radical (unpaired) electrons. The quantitative estimate of drug-likeness (QED) is 0.601. The number of rotatable bonds is 6. The number of thiazole rings is 1. The lowest BCUT2D eigenvalue weighted by molar-refractivity contribution is 0.0425. The van der Waals surface area contributed by atoms with Crippen LogP contribution in [-0.2, 0) is 10.0 Å². The molecule has 0 saturated carbocycles. The number of ether oxygens (including phenoxy) is 1. The molecule has 0 atom stereocenters. The van der Waals surface area contributed by atoms with Crippen molar-refractivity contribution in [2.24, 2.45) is 0 Å². The molecule has 4 heterocycles. The number of carbonyl (C=O) groups excluding carboxylic acids is 1. The standard InChI is InChI=1S/C24H32N4O4S2/c29-23(19-3-5-22(6-4-19)34(30,31)28-12-1-2-13-28)27-14-7-20(8-15-27)26-16-9-21(10-17-26)32-24-25-11-18-33-24/h3-6,11,18,20-21H,1-2,7-10,12-17H2. The summed E-state index contributed by atoms with van der Waals surface area (Å²) in [5.74, 6) is -0.0147. The fourth-order valence-corrected chi connectivity index (χ4v) is 7.30. The fraction of sp³-hybridized carbons (Fsp3) is 0.583. The van der Waals surface area contributed by atoms with E-state index in [1.165, 1.54) is 15.6 Å². The van der Waals surface area contributed by atoms with Gasteiger partial charge in [0.05, 0.1) is 4.90 Å². The van der Waals surface area contributed by atoms with E-state index in [4.69, 9.17) is 4.74 Å². The summed E-state index contributed by atoms with van der Waals surface area (Å²) >= 11 is 1.54. The van der Waals surface area contributed by atoms with Gasteiger partial charge in [-0.25, -0.2) is 13.4 Å². The number of nitrogens with zero attached hydrogens (tertiary/aromatic N) is 4. The van der Waals surface area contributed by atoms with Crippen molar-refractivity contribution in [2.45, 2.75) is 55.6 Å². The summed E-state index contributed by atoms with van der Waals surface area (Å²) < 4.78 is 32.9. The average Bonchev–Trinajstić information content (AvgIpc) is 3.60. The number of piperidine rings is 2. The van der Waals surface area contributed by atoms with Crippen LogP contribution in [0.1, 0.15) is 48.9 Å². The van der Waals surface area contributed by atoms with Crippen LogP contribution in [0.2, 0.25) is 0 Å². The van der Waals surface area contributed by atoms with Crippen molar-refractivity contribution < 1.29 is 17.9 Å². The van der Waals surface area contributed by atoms with Gasteiger partial charge in [0.25, 0.3) is 11.1 Å². The van der Waals surface area contributed by atoms with Crippen LogP contribution in [0.25, 0.3) is 0 Å². The number of sulfonamides is 1. The molecule has 3 saturated heterocycles. The van der Waals surface area contributed by atoms with Gasteiger partial charge in [-0.2, -0.15) is 4.31 Å². The topological polar surface area (TPSA) is 83.1 Å². The minimum absolute atomic E-state index is 0.0147. The maximum atomic E-state index is 13.0. The highest BCUT2D eigenvalue weighted by Crippen LogP contribution is 2.26. The monoisotopic (exact) mass is 504 g/mol. The van der Waals surface area contributed by atoms with E-state index >= 15 is 0 Å². The van der Waals surface area contributed by atoms with Crippen molar-refractivity contribution in [3.8, 4) is 5.19 Å². The summed E-state index contributed by atoms with van der Waals surface area (Å²) in [4.78, 5) is 22.0. The van der Waals surface area contributed by atoms with E-state index in [0.717, 1.165) is 69.9 Å². The molecule has 1 amide bonds. The third-order valence-corrected chi connectivity index (χ3v) is 9.80. The Morgan fingerprint density at radius 3 is 2.24 bits per heavy atom. The van der Waals surface area contributed by atoms with Gasteiger partial charge < -0.3 is 9.64 Å². The second kappa shape index (κ2) is 10.3. The predicted molar refractivity (Wildman–Crippen MR) is 131 cm³/mol. The van der Waals surface area contributed by atoms with E-state index in [0.29, 0.717) is 24.7 Å². The van der Waals surface area contributed by atoms with Crippen molar-refractivity contribution in [1.29, 1.82) is 0 Å². The number of amides is 1. The third kappa shape index (κ3) is 5.15. The van der Waals surface area contributed by atoms with Crippen molar-refractivity contribution in [2.75, 3.05) is 39.3 Å². The molecule has 3 aliphatic rings. The fourth-order valence-electron chi connectivity index (χ4n) is 5.23. The number of likely N-dealkylation sites (tertiary alicyclic amines) is 2. The first-order valence-electron chi connectivity index (χ1n) is 12.2. The molecule has 3 aliphatic heterocycles. The number of benzene rings is 1. The first-order chi connectivity index (χ1) is 16.5. The van der Waals surface area contributed by atoms with Gasteiger partial charge in [0, 0.05) is 62.5 Å². The highest BCUT2D eigenvalue weighted by atomic mass is 32.2. The highest BCUT2D eigenvalue weighted by Gasteiger charge is 2.31. The zero-order chi connectivity index (χ0) is 23.5. The molecular formula is C24H32N4O4S2. The van der Waals surface area contributed by atoms with E-state index in [-0.39, 0.29) is 16.9 Å². The molecule has 184 valence electrons. The van der Waals surface area contributed by atoms with Crippen molar-refractivity contribution in [3.05, 3.63) is 41.4 Å². The SMILES string of the molecule is O=C(c1ccc(S(=O)(=O)N2CCCC2)cc1)N1CCC(N2CCC(Oc3nccs3)CC2)CC1. The second-order valence-corrected chi connectivity index (χ2v) is 12.1.